The van der Waals surface area contributed by atoms with Crippen LogP contribution in [0.3, 0.4) is 0 Å². The van der Waals surface area contributed by atoms with Crippen molar-refractivity contribution in [3.63, 3.8) is 0 Å². The van der Waals surface area contributed by atoms with Gasteiger partial charge in [0.05, 0.1) is 5.56 Å². The Hall–Kier alpha value is -1.51. The van der Waals surface area contributed by atoms with Crippen molar-refractivity contribution in [1.29, 1.82) is 5.41 Å². The third-order valence-electron chi connectivity index (χ3n) is 2.03. The zero-order valence-electron chi connectivity index (χ0n) is 8.54. The molecule has 1 aromatic carbocycles. The summed E-state index contributed by atoms with van der Waals surface area (Å²) in [4.78, 5) is 0. The number of hydrogen-bond acceptors (Lipinski definition) is 2. The van der Waals surface area contributed by atoms with Gasteiger partial charge in [-0.1, -0.05) is 26.0 Å². The number of hydrogen-bond donors (Lipinski definition) is 3. The number of phenols is 1. The fourth-order valence-corrected chi connectivity index (χ4v) is 1.51. The molecule has 0 aliphatic heterocycles. The van der Waals surface area contributed by atoms with E-state index in [1.807, 2.05) is 6.07 Å². The number of rotatable bonds is 3. The van der Waals surface area contributed by atoms with E-state index in [1.165, 1.54) is 0 Å². The molecule has 0 bridgehead atoms. The molecule has 0 aliphatic carbocycles. The second-order valence-corrected chi connectivity index (χ2v) is 3.82. The number of nitrogens with one attached hydrogen (secondary N) is 1. The van der Waals surface area contributed by atoms with Crippen LogP contribution >= 0.6 is 0 Å². The number of phenolic OH excluding ortho intramolecular Hbond substituents is 1. The van der Waals surface area contributed by atoms with Crippen molar-refractivity contribution in [1.82, 2.24) is 0 Å². The Morgan fingerprint density at radius 1 is 1.50 bits per heavy atom. The zero-order valence-corrected chi connectivity index (χ0v) is 8.54. The summed E-state index contributed by atoms with van der Waals surface area (Å²) in [5.41, 5.74) is 6.83. The van der Waals surface area contributed by atoms with Gasteiger partial charge in [0, 0.05) is 0 Å². The van der Waals surface area contributed by atoms with Crippen LogP contribution in [0.5, 0.6) is 5.75 Å². The quantitative estimate of drug-likeness (QED) is 0.505. The van der Waals surface area contributed by atoms with E-state index in [0.717, 1.165) is 12.0 Å². The van der Waals surface area contributed by atoms with Crippen molar-refractivity contribution < 1.29 is 5.11 Å². The highest BCUT2D eigenvalue weighted by atomic mass is 16.3. The summed E-state index contributed by atoms with van der Waals surface area (Å²) < 4.78 is 0. The molecule has 0 atom stereocenters. The fourth-order valence-electron chi connectivity index (χ4n) is 1.51. The molecule has 0 spiro atoms. The zero-order chi connectivity index (χ0) is 10.7. The molecule has 0 heterocycles. The molecule has 0 saturated heterocycles. The van der Waals surface area contributed by atoms with Crippen molar-refractivity contribution in [3.05, 3.63) is 29.3 Å². The Balaban J connectivity index is 3.14. The van der Waals surface area contributed by atoms with Gasteiger partial charge in [-0.25, -0.2) is 0 Å². The smallest absolute Gasteiger partial charge is 0.126 e. The standard InChI is InChI=1S/C11H16N2O/c1-7(2)6-8-4-3-5-9(14)10(8)11(12)13/h3-5,7,14H,6H2,1-2H3,(H3,12,13). The fraction of sp³-hybridized carbons (Fsp3) is 0.364. The van der Waals surface area contributed by atoms with Crippen LogP contribution in [0.2, 0.25) is 0 Å². The third kappa shape index (κ3) is 2.25. The Morgan fingerprint density at radius 2 is 2.14 bits per heavy atom. The average Bonchev–Trinajstić information content (AvgIpc) is 2.01. The first-order valence-electron chi connectivity index (χ1n) is 4.67. The van der Waals surface area contributed by atoms with Crippen molar-refractivity contribution in [2.24, 2.45) is 11.7 Å². The minimum atomic E-state index is -0.0706. The van der Waals surface area contributed by atoms with Gasteiger partial charge in [-0.3, -0.25) is 5.41 Å². The minimum absolute atomic E-state index is 0.0706. The number of nitrogen functional groups attached to an aromatic ring is 1. The van der Waals surface area contributed by atoms with Crippen LogP contribution in [0.25, 0.3) is 0 Å². The molecule has 3 nitrogen and oxygen atoms in total. The first-order chi connectivity index (χ1) is 6.52. The van der Waals surface area contributed by atoms with E-state index in [0.29, 0.717) is 11.5 Å². The topological polar surface area (TPSA) is 70.1 Å². The molecule has 3 heteroatoms. The Morgan fingerprint density at radius 3 is 2.64 bits per heavy atom. The molecule has 0 amide bonds. The molecular weight excluding hydrogens is 176 g/mol. The largest absolute Gasteiger partial charge is 0.507 e. The van der Waals surface area contributed by atoms with E-state index in [2.05, 4.69) is 13.8 Å². The van der Waals surface area contributed by atoms with Crippen LogP contribution in [0.1, 0.15) is 25.0 Å². The summed E-state index contributed by atoms with van der Waals surface area (Å²) in [5, 5.41) is 16.9. The first-order valence-corrected chi connectivity index (χ1v) is 4.67. The summed E-state index contributed by atoms with van der Waals surface area (Å²) in [6, 6.07) is 5.23. The highest BCUT2D eigenvalue weighted by molar-refractivity contribution is 5.99. The number of benzene rings is 1. The summed E-state index contributed by atoms with van der Waals surface area (Å²) in [7, 11) is 0. The molecule has 1 rings (SSSR count). The highest BCUT2D eigenvalue weighted by Gasteiger charge is 2.11. The SMILES string of the molecule is CC(C)Cc1cccc(O)c1C(=N)N. The molecule has 4 N–H and O–H groups in total. The number of amidine groups is 1. The monoisotopic (exact) mass is 192 g/mol. The van der Waals surface area contributed by atoms with E-state index in [-0.39, 0.29) is 11.6 Å². The maximum absolute atomic E-state index is 9.55. The minimum Gasteiger partial charge on any atom is -0.507 e. The van der Waals surface area contributed by atoms with Crippen LogP contribution in [0.15, 0.2) is 18.2 Å². The second kappa shape index (κ2) is 4.13. The van der Waals surface area contributed by atoms with Gasteiger partial charge in [0.25, 0.3) is 0 Å². The van der Waals surface area contributed by atoms with Crippen molar-refractivity contribution >= 4 is 5.84 Å². The lowest BCUT2D eigenvalue weighted by atomic mass is 9.97. The van der Waals surface area contributed by atoms with Crippen molar-refractivity contribution in [2.45, 2.75) is 20.3 Å². The Kier molecular flexibility index (Phi) is 3.12. The highest BCUT2D eigenvalue weighted by Crippen LogP contribution is 2.22. The average molecular weight is 192 g/mol. The van der Waals surface area contributed by atoms with Crippen LogP contribution in [0, 0.1) is 11.3 Å². The summed E-state index contributed by atoms with van der Waals surface area (Å²) >= 11 is 0. The van der Waals surface area contributed by atoms with Crippen molar-refractivity contribution in [2.75, 3.05) is 0 Å². The lowest BCUT2D eigenvalue weighted by Gasteiger charge is -2.11. The van der Waals surface area contributed by atoms with Crippen LogP contribution in [-0.2, 0) is 6.42 Å². The summed E-state index contributed by atoms with van der Waals surface area (Å²) in [5.74, 6) is 0.504. The Bertz CT molecular complexity index is 345. The van der Waals surface area contributed by atoms with Crippen LogP contribution < -0.4 is 5.73 Å². The molecule has 0 fully saturated rings. The van der Waals surface area contributed by atoms with E-state index in [9.17, 15) is 5.11 Å². The normalized spacial score (nSPS) is 10.5. The van der Waals surface area contributed by atoms with E-state index < -0.39 is 0 Å². The van der Waals surface area contributed by atoms with Crippen LogP contribution in [0.4, 0.5) is 0 Å². The number of nitrogens with two attached hydrogens (primary N) is 1. The molecular formula is C11H16N2O. The van der Waals surface area contributed by atoms with Gasteiger partial charge in [0.2, 0.25) is 0 Å². The summed E-state index contributed by atoms with van der Waals surface area (Å²) in [6.45, 7) is 4.18. The predicted octanol–water partition coefficient (Wildman–Crippen LogP) is 1.87. The van der Waals surface area contributed by atoms with Gasteiger partial charge in [-0.2, -0.15) is 0 Å². The van der Waals surface area contributed by atoms with E-state index >= 15 is 0 Å². The first kappa shape index (κ1) is 10.6. The molecule has 14 heavy (non-hydrogen) atoms. The summed E-state index contributed by atoms with van der Waals surface area (Å²) in [6.07, 6.45) is 0.823. The van der Waals surface area contributed by atoms with Gasteiger partial charge in [-0.05, 0) is 24.0 Å². The lowest BCUT2D eigenvalue weighted by Crippen LogP contribution is -2.15. The van der Waals surface area contributed by atoms with E-state index in [4.69, 9.17) is 11.1 Å². The Labute approximate surface area is 84.1 Å². The van der Waals surface area contributed by atoms with E-state index in [1.54, 1.807) is 12.1 Å². The maximum Gasteiger partial charge on any atom is 0.126 e. The lowest BCUT2D eigenvalue weighted by molar-refractivity contribution is 0.472. The molecule has 0 aromatic heterocycles. The maximum atomic E-state index is 9.55. The van der Waals surface area contributed by atoms with Gasteiger partial charge in [0.15, 0.2) is 0 Å². The molecule has 0 aliphatic rings. The van der Waals surface area contributed by atoms with Crippen LogP contribution in [-0.4, -0.2) is 10.9 Å². The molecule has 1 aromatic rings. The van der Waals surface area contributed by atoms with Gasteiger partial charge in [-0.15, -0.1) is 0 Å². The van der Waals surface area contributed by atoms with Crippen molar-refractivity contribution in [3.8, 4) is 5.75 Å². The number of aromatic hydroxyl groups is 1. The van der Waals surface area contributed by atoms with Gasteiger partial charge >= 0.3 is 0 Å². The molecule has 0 unspecified atom stereocenters. The molecule has 0 radical (unpaired) electrons. The van der Waals surface area contributed by atoms with Gasteiger partial charge < -0.3 is 10.8 Å². The molecule has 0 saturated carbocycles. The van der Waals surface area contributed by atoms with Gasteiger partial charge in [0.1, 0.15) is 11.6 Å². The second-order valence-electron chi connectivity index (χ2n) is 3.82. The predicted molar refractivity (Wildman–Crippen MR) is 57.7 cm³/mol. The third-order valence-corrected chi connectivity index (χ3v) is 2.03. The molecule has 76 valence electrons.